The van der Waals surface area contributed by atoms with Crippen LogP contribution in [0, 0.1) is 5.41 Å². The van der Waals surface area contributed by atoms with Crippen molar-refractivity contribution in [2.75, 3.05) is 13.7 Å². The number of rotatable bonds is 12. The van der Waals surface area contributed by atoms with Crippen LogP contribution in [-0.4, -0.2) is 33.4 Å². The van der Waals surface area contributed by atoms with Gasteiger partial charge in [-0.15, -0.1) is 0 Å². The van der Waals surface area contributed by atoms with Crippen LogP contribution in [0.2, 0.25) is 0 Å². The summed E-state index contributed by atoms with van der Waals surface area (Å²) in [6.07, 6.45) is 5.36. The van der Waals surface area contributed by atoms with Gasteiger partial charge in [0.05, 0.1) is 25.1 Å². The van der Waals surface area contributed by atoms with E-state index in [1.165, 1.54) is 20.0 Å². The summed E-state index contributed by atoms with van der Waals surface area (Å²) in [6, 6.07) is 24.0. The lowest BCUT2D eigenvalue weighted by Gasteiger charge is -2.17. The molecule has 0 atom stereocenters. The van der Waals surface area contributed by atoms with Gasteiger partial charge in [0.1, 0.15) is 11.6 Å². The number of hydrogen-bond donors (Lipinski definition) is 0. The SMILES string of the molecule is C.CCCc1nc(CC)n(-c2ccc(OCC3(C)CC3)cc2)c(=O)c1Cc1ccc(-c2ccccc2-c2noc(OC)n2)cc1. The minimum absolute atomic E-state index is 0. The number of nitrogens with zero attached hydrogens (tertiary/aromatic N) is 4. The summed E-state index contributed by atoms with van der Waals surface area (Å²) < 4.78 is 18.0. The number of aryl methyl sites for hydroxylation is 2. The standard InChI is InChI=1S/C36H38N4O4.CH4/c1-5-9-31-30(34(41)40(32(6-2)37-31)26-16-18-27(19-17-26)43-23-36(3)20-21-36)22-24-12-14-25(15-13-24)28-10-7-8-11-29(28)33-38-35(42-4)44-39-33;/h7-8,10-19H,5-6,9,20-23H2,1-4H3;1H4. The predicted octanol–water partition coefficient (Wildman–Crippen LogP) is 7.88. The second-order valence-corrected chi connectivity index (χ2v) is 11.8. The Hall–Kier alpha value is -4.72. The Kier molecular flexibility index (Phi) is 9.51. The smallest absolute Gasteiger partial charge is 0.417 e. The summed E-state index contributed by atoms with van der Waals surface area (Å²) in [5.41, 5.74) is 6.58. The highest BCUT2D eigenvalue weighted by atomic mass is 16.6. The van der Waals surface area contributed by atoms with Gasteiger partial charge in [-0.25, -0.2) is 4.98 Å². The van der Waals surface area contributed by atoms with Crippen LogP contribution in [0.1, 0.15) is 70.1 Å². The summed E-state index contributed by atoms with van der Waals surface area (Å²) in [4.78, 5) is 23.5. The third-order valence-electron chi connectivity index (χ3n) is 8.32. The van der Waals surface area contributed by atoms with Crippen LogP contribution in [0.25, 0.3) is 28.2 Å². The molecule has 45 heavy (non-hydrogen) atoms. The Morgan fingerprint density at radius 1 is 0.933 bits per heavy atom. The van der Waals surface area contributed by atoms with E-state index in [4.69, 9.17) is 19.0 Å². The van der Waals surface area contributed by atoms with E-state index in [1.807, 2.05) is 55.5 Å². The quantitative estimate of drug-likeness (QED) is 0.143. The van der Waals surface area contributed by atoms with E-state index >= 15 is 0 Å². The van der Waals surface area contributed by atoms with E-state index in [0.717, 1.165) is 70.2 Å². The largest absolute Gasteiger partial charge is 0.493 e. The molecular formula is C37H42N4O4. The first-order chi connectivity index (χ1) is 21.4. The number of methoxy groups -OCH3 is 1. The van der Waals surface area contributed by atoms with Crippen molar-refractivity contribution in [3.05, 3.63) is 106 Å². The lowest BCUT2D eigenvalue weighted by molar-refractivity contribution is 0.247. The summed E-state index contributed by atoms with van der Waals surface area (Å²) in [7, 11) is 1.50. The van der Waals surface area contributed by atoms with Gasteiger partial charge in [-0.05, 0) is 60.2 Å². The van der Waals surface area contributed by atoms with Crippen LogP contribution in [0.3, 0.4) is 0 Å². The lowest BCUT2D eigenvalue weighted by atomic mass is 9.96. The predicted molar refractivity (Wildman–Crippen MR) is 177 cm³/mol. The van der Waals surface area contributed by atoms with Crippen molar-refractivity contribution in [1.29, 1.82) is 0 Å². The topological polar surface area (TPSA) is 92.3 Å². The van der Waals surface area contributed by atoms with Gasteiger partial charge >= 0.3 is 6.08 Å². The molecule has 6 rings (SSSR count). The van der Waals surface area contributed by atoms with Crippen molar-refractivity contribution >= 4 is 0 Å². The van der Waals surface area contributed by atoms with Gasteiger partial charge in [-0.2, -0.15) is 4.98 Å². The van der Waals surface area contributed by atoms with Crippen LogP contribution in [-0.2, 0) is 19.3 Å². The lowest BCUT2D eigenvalue weighted by Crippen LogP contribution is -2.29. The summed E-state index contributed by atoms with van der Waals surface area (Å²) >= 11 is 0. The number of hydrogen-bond acceptors (Lipinski definition) is 7. The fourth-order valence-electron chi connectivity index (χ4n) is 5.42. The normalized spacial score (nSPS) is 13.2. The molecule has 0 radical (unpaired) electrons. The van der Waals surface area contributed by atoms with Crippen molar-refractivity contribution in [3.63, 3.8) is 0 Å². The van der Waals surface area contributed by atoms with Gasteiger partial charge in [0, 0.05) is 29.4 Å². The van der Waals surface area contributed by atoms with Gasteiger partial charge < -0.3 is 9.47 Å². The molecule has 0 amide bonds. The van der Waals surface area contributed by atoms with E-state index in [2.05, 4.69) is 48.3 Å². The molecule has 2 aromatic heterocycles. The van der Waals surface area contributed by atoms with E-state index in [1.54, 1.807) is 4.57 Å². The van der Waals surface area contributed by atoms with E-state index in [0.29, 0.717) is 24.1 Å². The molecule has 0 saturated heterocycles. The van der Waals surface area contributed by atoms with Crippen molar-refractivity contribution in [3.8, 4) is 40.0 Å². The number of aromatic nitrogens is 4. The molecule has 1 aliphatic carbocycles. The zero-order chi connectivity index (χ0) is 30.7. The van der Waals surface area contributed by atoms with E-state index < -0.39 is 0 Å². The molecule has 0 N–H and O–H groups in total. The molecule has 1 fully saturated rings. The molecule has 0 unspecified atom stereocenters. The van der Waals surface area contributed by atoms with Crippen molar-refractivity contribution in [1.82, 2.24) is 19.7 Å². The monoisotopic (exact) mass is 606 g/mol. The Morgan fingerprint density at radius 3 is 2.27 bits per heavy atom. The maximum atomic E-state index is 14.2. The molecule has 8 nitrogen and oxygen atoms in total. The maximum Gasteiger partial charge on any atom is 0.417 e. The molecule has 0 bridgehead atoms. The molecule has 8 heteroatoms. The second-order valence-electron chi connectivity index (χ2n) is 11.8. The van der Waals surface area contributed by atoms with Crippen LogP contribution < -0.4 is 15.0 Å². The first-order valence-electron chi connectivity index (χ1n) is 15.3. The van der Waals surface area contributed by atoms with Gasteiger partial charge in [-0.3, -0.25) is 13.9 Å². The van der Waals surface area contributed by atoms with Gasteiger partial charge in [0.2, 0.25) is 5.82 Å². The minimum atomic E-state index is -0.0139. The first kappa shape index (κ1) is 31.7. The maximum absolute atomic E-state index is 14.2. The highest BCUT2D eigenvalue weighted by molar-refractivity contribution is 5.80. The molecule has 1 aliphatic rings. The molecule has 1 saturated carbocycles. The van der Waals surface area contributed by atoms with Crippen molar-refractivity contribution in [2.24, 2.45) is 5.41 Å². The molecule has 5 aromatic rings. The fourth-order valence-corrected chi connectivity index (χ4v) is 5.42. The highest BCUT2D eigenvalue weighted by Gasteiger charge is 2.38. The fraction of sp³-hybridized carbons (Fsp3) is 0.351. The Morgan fingerprint density at radius 2 is 1.64 bits per heavy atom. The first-order valence-corrected chi connectivity index (χ1v) is 15.3. The zero-order valence-electron chi connectivity index (χ0n) is 25.8. The van der Waals surface area contributed by atoms with Crippen LogP contribution in [0.4, 0.5) is 0 Å². The van der Waals surface area contributed by atoms with Crippen molar-refractivity contribution in [2.45, 2.75) is 66.7 Å². The molecular weight excluding hydrogens is 564 g/mol. The Bertz CT molecular complexity index is 1800. The molecule has 0 spiro atoms. The van der Waals surface area contributed by atoms with Gasteiger partial charge in [-0.1, -0.05) is 88.3 Å². The third-order valence-corrected chi connectivity index (χ3v) is 8.32. The second kappa shape index (κ2) is 13.5. The van der Waals surface area contributed by atoms with E-state index in [-0.39, 0.29) is 19.1 Å². The molecule has 2 heterocycles. The average molecular weight is 607 g/mol. The minimum Gasteiger partial charge on any atom is -0.493 e. The summed E-state index contributed by atoms with van der Waals surface area (Å²) in [5.74, 6) is 2.06. The Labute approximate surface area is 265 Å². The summed E-state index contributed by atoms with van der Waals surface area (Å²) in [5, 5.41) is 4.06. The van der Waals surface area contributed by atoms with Crippen LogP contribution >= 0.6 is 0 Å². The molecule has 3 aromatic carbocycles. The number of ether oxygens (including phenoxy) is 2. The average Bonchev–Trinajstić information content (AvgIpc) is 3.60. The molecule has 0 aliphatic heterocycles. The van der Waals surface area contributed by atoms with Gasteiger partial charge in [0.15, 0.2) is 0 Å². The number of benzene rings is 3. The third kappa shape index (κ3) is 6.85. The summed E-state index contributed by atoms with van der Waals surface area (Å²) in [6.45, 7) is 7.14. The van der Waals surface area contributed by atoms with Crippen LogP contribution in [0.15, 0.2) is 82.1 Å². The van der Waals surface area contributed by atoms with Crippen LogP contribution in [0.5, 0.6) is 11.8 Å². The highest BCUT2D eigenvalue weighted by Crippen LogP contribution is 2.45. The zero-order valence-corrected chi connectivity index (χ0v) is 25.8. The molecule has 234 valence electrons. The van der Waals surface area contributed by atoms with Gasteiger partial charge in [0.25, 0.3) is 5.56 Å². The van der Waals surface area contributed by atoms with E-state index in [9.17, 15) is 4.79 Å². The van der Waals surface area contributed by atoms with Crippen molar-refractivity contribution < 1.29 is 14.0 Å². The Balaban J connectivity index is 0.00000400.